The summed E-state index contributed by atoms with van der Waals surface area (Å²) < 4.78 is 97.2. The van der Waals surface area contributed by atoms with Crippen molar-refractivity contribution in [2.45, 2.75) is 374 Å². The van der Waals surface area contributed by atoms with Crippen molar-refractivity contribution in [1.29, 1.82) is 0 Å². The van der Waals surface area contributed by atoms with E-state index in [0.29, 0.717) is 51.4 Å². The highest BCUT2D eigenvalue weighted by Gasteiger charge is 2.71. The van der Waals surface area contributed by atoms with Crippen molar-refractivity contribution in [1.82, 2.24) is 0 Å². The molecule has 0 bridgehead atoms. The van der Waals surface area contributed by atoms with Crippen LogP contribution in [0.1, 0.15) is 166 Å². The maximum Gasteiger partial charge on any atom is 0.336 e. The van der Waals surface area contributed by atoms with E-state index >= 15 is 4.79 Å². The number of hydrogen-bond acceptors (Lipinski definition) is 38. The lowest BCUT2D eigenvalue weighted by Crippen LogP contribution is -2.67. The van der Waals surface area contributed by atoms with Gasteiger partial charge in [0.2, 0.25) is 6.29 Å². The van der Waals surface area contributed by atoms with Gasteiger partial charge in [-0.3, -0.25) is 4.79 Å². The number of rotatable bonds is 29. The first-order valence-corrected chi connectivity index (χ1v) is 44.2. The fourth-order valence-electron chi connectivity index (χ4n) is 21.9. The van der Waals surface area contributed by atoms with Crippen LogP contribution in [0.15, 0.2) is 60.3 Å². The molecule has 0 spiro atoms. The third-order valence-electron chi connectivity index (χ3n) is 30.3. The van der Waals surface area contributed by atoms with E-state index in [2.05, 4.69) is 67.7 Å². The third-order valence-corrected chi connectivity index (χ3v) is 30.3. The van der Waals surface area contributed by atoms with Gasteiger partial charge < -0.3 is 173 Å². The average Bonchev–Trinajstić information content (AvgIpc) is 0.673. The molecule has 0 aromatic carbocycles. The second kappa shape index (κ2) is 39.8. The van der Waals surface area contributed by atoms with Crippen molar-refractivity contribution in [2.24, 2.45) is 50.2 Å². The van der Waals surface area contributed by atoms with E-state index in [1.807, 2.05) is 0 Å². The van der Waals surface area contributed by atoms with Gasteiger partial charge in [0.05, 0.1) is 74.0 Å². The monoisotopic (exact) mass is 1800 g/mol. The van der Waals surface area contributed by atoms with Crippen molar-refractivity contribution in [3.05, 3.63) is 60.3 Å². The van der Waals surface area contributed by atoms with Crippen LogP contribution in [0, 0.1) is 50.2 Å². The molecule has 0 aromatic rings. The van der Waals surface area contributed by atoms with Gasteiger partial charge in [0.15, 0.2) is 49.9 Å². The highest BCUT2D eigenvalue weighted by molar-refractivity contribution is 5.89. The first-order valence-electron chi connectivity index (χ1n) is 44.2. The van der Waals surface area contributed by atoms with Crippen molar-refractivity contribution in [3.8, 4) is 0 Å². The van der Waals surface area contributed by atoms with E-state index in [0.717, 1.165) is 12.0 Å². The predicted octanol–water partition coefficient (Wildman–Crippen LogP) is -1.58. The molecule has 38 nitrogen and oxygen atoms in total. The van der Waals surface area contributed by atoms with Crippen LogP contribution in [0.2, 0.25) is 0 Å². The van der Waals surface area contributed by atoms with Gasteiger partial charge in [-0.15, -0.1) is 13.2 Å². The standard InChI is InChI=1S/C88H138O38/c1-14-83(9,109)24-16-18-40(3)71(106)111-38-50-58(98)68(121-72(107)42(33-89)19-17-25-84(10,110)15-2)70(125-76-64(104)60(100)66(41(4)117-76)122-75-65(105)67(48(93)37-114-75)123-73-61(101)54(94)45(90)34-112-73)79(119-50)126-80(108)88-30-28-81(5,6)32-44(88)43-20-21-52-85(11)26-23-53(82(7,8)51(85)22-27-87(52,13)86(43,12)29-31-88)120-77-63(103)59(99)57(97)49(118-77)39-116-78-69(56(96)47(92)36-115-78)124-74-62(102)55(95)46(91)35-113-74/h14-15,18-20,41,44-70,73-79,89-105,109-110H,1-2,16-17,21-39H2,3-13H3/b40-18+,42-19-/t41-,44-,45+,46+,47-,48+,49+,50+,51-,52+,53-,54-,55-,56-,57+,58+,59-,60-,61+,62+,63+,64+,65+,66-,67-,68-,69+,70+,73-,74-,75-,76-,77-,78-,79-,83+,84?,85-,86+,87+,88-/m0/s1. The van der Waals surface area contributed by atoms with Crippen molar-refractivity contribution < 1.29 is 187 Å². The summed E-state index contributed by atoms with van der Waals surface area (Å²) in [4.78, 5) is 45.3. The minimum atomic E-state index is -2.19. The maximum absolute atomic E-state index is 16.6. The Morgan fingerprint density at radius 2 is 1.02 bits per heavy atom. The molecule has 41 atom stereocenters. The third kappa shape index (κ3) is 20.3. The number of carbonyl (C=O) groups excluding carboxylic acids is 3. The molecule has 0 radical (unpaired) electrons. The Balaban J connectivity index is 0.812. The number of hydrogen-bond donors (Lipinski definition) is 19. The average molecular weight is 1800 g/mol. The molecule has 12 rings (SSSR count). The van der Waals surface area contributed by atoms with Gasteiger partial charge in [-0.1, -0.05) is 84.4 Å². The van der Waals surface area contributed by atoms with Crippen LogP contribution in [0.5, 0.6) is 0 Å². The zero-order chi connectivity index (χ0) is 92.4. The zero-order valence-corrected chi connectivity index (χ0v) is 73.6. The second-order valence-corrected chi connectivity index (χ2v) is 39.7. The first kappa shape index (κ1) is 101. The Bertz CT molecular complexity index is 3820. The number of aliphatic hydroxyl groups is 19. The Kier molecular flexibility index (Phi) is 31.8. The molecule has 4 saturated carbocycles. The SMILES string of the molecule is C=CC(C)(O)CC/C=C(/CO)C(=O)O[C@H]1[C@H](O)[C@@H](COC(=O)/C(C)=C/CC[C@](C)(O)C=C)O[C@@H](OC(=O)[C@]23CCC(C)(C)C[C@H]2C2=CC[C@@H]4[C@@]5(C)CC[C@H](O[C@@H]6O[C@H](CO[C@@H]7OC[C@H](O)[C@H](O)[C@H]7O[C@@H]7OC[C@@H](O)[C@H](O)[C@H]7O)[C@@H](O)[C@H](O)[C@H]6O)C(C)(C)[C@@H]5CC[C@@]4(C)[C@]2(C)CC3)[C@@H]1O[C@@H]1O[C@@H](C)[C@H](O[C@@H]2OC[C@@H](O)[C@H](O[C@@H]3OC[C@@H](O)[C@H](O)[C@H]3O)[C@H]2O)[C@@H](O)[C@H]1O. The molecule has 12 aliphatic rings. The molecule has 0 aromatic heterocycles. The predicted molar refractivity (Wildman–Crippen MR) is 432 cm³/mol. The van der Waals surface area contributed by atoms with Gasteiger partial charge >= 0.3 is 17.9 Å². The fourth-order valence-corrected chi connectivity index (χ4v) is 21.9. The van der Waals surface area contributed by atoms with Crippen LogP contribution in [0.3, 0.4) is 0 Å². The highest BCUT2D eigenvalue weighted by Crippen LogP contribution is 2.76. The molecular weight excluding hydrogens is 1660 g/mol. The topological polar surface area (TPSA) is 583 Å². The summed E-state index contributed by atoms with van der Waals surface area (Å²) in [6, 6.07) is 0. The van der Waals surface area contributed by atoms with E-state index in [1.165, 1.54) is 45.1 Å². The number of carbonyl (C=O) groups is 3. The Morgan fingerprint density at radius 1 is 0.500 bits per heavy atom. The van der Waals surface area contributed by atoms with Crippen molar-refractivity contribution in [3.63, 3.8) is 0 Å². The van der Waals surface area contributed by atoms with Gasteiger partial charge in [0.1, 0.15) is 135 Å². The summed E-state index contributed by atoms with van der Waals surface area (Å²) >= 11 is 0. The lowest BCUT2D eigenvalue weighted by atomic mass is 9.33. The van der Waals surface area contributed by atoms with Gasteiger partial charge in [-0.05, 0) is 162 Å². The molecule has 718 valence electrons. The van der Waals surface area contributed by atoms with Crippen LogP contribution < -0.4 is 0 Å². The summed E-state index contributed by atoms with van der Waals surface area (Å²) in [6.45, 7) is 24.5. The lowest BCUT2D eigenvalue weighted by molar-refractivity contribution is -0.379. The van der Waals surface area contributed by atoms with Gasteiger partial charge in [0.25, 0.3) is 0 Å². The van der Waals surface area contributed by atoms with Crippen LogP contribution in [0.4, 0.5) is 0 Å². The largest absolute Gasteiger partial charge is 0.459 e. The van der Waals surface area contributed by atoms with Gasteiger partial charge in [-0.2, -0.15) is 0 Å². The molecule has 7 aliphatic heterocycles. The van der Waals surface area contributed by atoms with E-state index < -0.39 is 300 Å². The Morgan fingerprint density at radius 3 is 1.64 bits per heavy atom. The Labute approximate surface area is 732 Å². The highest BCUT2D eigenvalue weighted by atomic mass is 16.8. The van der Waals surface area contributed by atoms with Crippen LogP contribution in [-0.2, 0) is 90.2 Å². The van der Waals surface area contributed by atoms with E-state index in [4.69, 9.17) is 75.8 Å². The van der Waals surface area contributed by atoms with E-state index in [1.54, 1.807) is 6.92 Å². The molecule has 126 heavy (non-hydrogen) atoms. The van der Waals surface area contributed by atoms with Gasteiger partial charge in [-0.25, -0.2) is 9.59 Å². The first-order chi connectivity index (χ1) is 59.0. The van der Waals surface area contributed by atoms with Crippen LogP contribution in [0.25, 0.3) is 0 Å². The van der Waals surface area contributed by atoms with Crippen LogP contribution >= 0.6 is 0 Å². The molecule has 19 N–H and O–H groups in total. The number of aliphatic hydroxyl groups excluding tert-OH is 17. The molecule has 7 heterocycles. The van der Waals surface area contributed by atoms with Gasteiger partial charge in [0, 0.05) is 5.57 Å². The zero-order valence-electron chi connectivity index (χ0n) is 73.6. The number of allylic oxidation sites excluding steroid dienone is 4. The minimum absolute atomic E-state index is 0.0104. The summed E-state index contributed by atoms with van der Waals surface area (Å²) in [5, 5.41) is 210. The summed E-state index contributed by atoms with van der Waals surface area (Å²) in [5.74, 6) is -3.39. The molecule has 1 unspecified atom stereocenters. The smallest absolute Gasteiger partial charge is 0.336 e. The number of esters is 3. The summed E-state index contributed by atoms with van der Waals surface area (Å²) in [6.07, 6.45) is -41.2. The second-order valence-electron chi connectivity index (χ2n) is 39.7. The van der Waals surface area contributed by atoms with Crippen LogP contribution in [-0.4, -0.2) is 369 Å². The molecule has 7 saturated heterocycles. The quantitative estimate of drug-likeness (QED) is 0.0132. The van der Waals surface area contributed by atoms with Crippen molar-refractivity contribution >= 4 is 17.9 Å². The Hall–Kier alpha value is -4.17. The molecule has 11 fully saturated rings. The summed E-state index contributed by atoms with van der Waals surface area (Å²) in [7, 11) is 0. The molecule has 38 heteroatoms. The molecule has 0 amide bonds. The fraction of sp³-hybridized carbons (Fsp3) is 0.852. The lowest BCUT2D eigenvalue weighted by Gasteiger charge is -2.71. The van der Waals surface area contributed by atoms with Crippen molar-refractivity contribution in [2.75, 3.05) is 46.2 Å². The normalized spacial score (nSPS) is 47.2. The minimum Gasteiger partial charge on any atom is -0.459 e. The number of ether oxygens (including phenoxy) is 16. The summed E-state index contributed by atoms with van der Waals surface area (Å²) in [5.41, 5.74) is -5.57. The molecule has 5 aliphatic carbocycles. The number of fused-ring (bicyclic) bond motifs is 7. The maximum atomic E-state index is 16.6. The van der Waals surface area contributed by atoms with E-state index in [9.17, 15) is 107 Å². The molecular formula is C88H138O38. The van der Waals surface area contributed by atoms with E-state index in [-0.39, 0.29) is 65.9 Å².